The summed E-state index contributed by atoms with van der Waals surface area (Å²) in [6.07, 6.45) is 1.74. The van der Waals surface area contributed by atoms with Crippen LogP contribution in [0.25, 0.3) is 0 Å². The Kier molecular flexibility index (Phi) is 1.89. The maximum absolute atomic E-state index is 11.2. The molecule has 0 aliphatic rings. The van der Waals surface area contributed by atoms with Crippen LogP contribution in [0.5, 0.6) is 0 Å². The van der Waals surface area contributed by atoms with Crippen molar-refractivity contribution in [2.45, 2.75) is 0 Å². The molecule has 0 fully saturated rings. The van der Waals surface area contributed by atoms with Gasteiger partial charge in [0.05, 0.1) is 4.86 Å². The molecule has 0 aliphatic carbocycles. The maximum atomic E-state index is 11.2. The quantitative estimate of drug-likeness (QED) is 0.265. The van der Waals surface area contributed by atoms with E-state index in [1.54, 1.807) is 0 Å². The van der Waals surface area contributed by atoms with Gasteiger partial charge in [0.1, 0.15) is 4.90 Å². The van der Waals surface area contributed by atoms with Crippen molar-refractivity contribution >= 4 is 11.6 Å². The van der Waals surface area contributed by atoms with Gasteiger partial charge in [-0.15, -0.1) is 5.16 Å². The highest BCUT2D eigenvalue weighted by Crippen LogP contribution is 2.08. The third kappa shape index (κ3) is 1.52. The molecule has 0 spiro atoms. The van der Waals surface area contributed by atoms with Crippen LogP contribution in [0.3, 0.4) is 0 Å². The summed E-state index contributed by atoms with van der Waals surface area (Å²) in [5, 5.41) is 41.9. The van der Waals surface area contributed by atoms with Crippen molar-refractivity contribution in [3.8, 4) is 0 Å². The first-order valence-corrected chi connectivity index (χ1v) is 3.47. The fraction of sp³-hybridized carbons (Fsp3) is 0. The van der Waals surface area contributed by atoms with E-state index in [2.05, 4.69) is 24.7 Å². The zero-order valence-corrected chi connectivity index (χ0v) is 6.88. The first kappa shape index (κ1) is 8.86. The predicted octanol–water partition coefficient (Wildman–Crippen LogP) is -1.14. The minimum absolute atomic E-state index is 0.104. The third-order valence-electron chi connectivity index (χ3n) is 1.34. The molecular formula is C4H2N6O5. The Hall–Kier alpha value is -2.72. The lowest BCUT2D eigenvalue weighted by atomic mass is 10.8. The highest BCUT2D eigenvalue weighted by molar-refractivity contribution is 5.10. The van der Waals surface area contributed by atoms with Gasteiger partial charge in [-0.05, 0) is 5.16 Å². The summed E-state index contributed by atoms with van der Waals surface area (Å²) >= 11 is 0. The van der Waals surface area contributed by atoms with E-state index in [1.807, 2.05) is 0 Å². The molecule has 0 saturated carbocycles. The summed E-state index contributed by atoms with van der Waals surface area (Å²) in [5.74, 6) is -0.942. The second kappa shape index (κ2) is 3.21. The van der Waals surface area contributed by atoms with Crippen LogP contribution >= 0.6 is 0 Å². The molecule has 11 heteroatoms. The van der Waals surface area contributed by atoms with Crippen molar-refractivity contribution < 1.29 is 23.9 Å². The molecule has 2 aromatic rings. The van der Waals surface area contributed by atoms with E-state index < -0.39 is 11.6 Å². The Morgan fingerprint density at radius 3 is 2.40 bits per heavy atom. The number of hydrogen-bond acceptors (Lipinski definition) is 8. The lowest BCUT2D eigenvalue weighted by molar-refractivity contribution is -0.831. The fourth-order valence-electron chi connectivity index (χ4n) is 0.731. The van der Waals surface area contributed by atoms with Gasteiger partial charge in [-0.25, -0.2) is 0 Å². The molecule has 2 rings (SSSR count). The third-order valence-corrected chi connectivity index (χ3v) is 1.34. The predicted molar refractivity (Wildman–Crippen MR) is 36.3 cm³/mol. The molecule has 0 aromatic carbocycles. The Morgan fingerprint density at radius 1 is 1.20 bits per heavy atom. The average molecular weight is 214 g/mol. The normalized spacial score (nSPS) is 11.9. The number of aromatic nitrogens is 4. The van der Waals surface area contributed by atoms with Crippen LogP contribution < -0.4 is 9.81 Å². The highest BCUT2D eigenvalue weighted by atomic mass is 16.8. The molecule has 11 nitrogen and oxygen atoms in total. The van der Waals surface area contributed by atoms with Crippen LogP contribution in [-0.2, 0) is 0 Å². The summed E-state index contributed by atoms with van der Waals surface area (Å²) in [6.45, 7) is 0. The Labute approximate surface area is 80.1 Å². The first-order valence-electron chi connectivity index (χ1n) is 3.47. The maximum Gasteiger partial charge on any atom is 0.571 e. The Balaban J connectivity index is 2.37. The van der Waals surface area contributed by atoms with Crippen LogP contribution in [0.2, 0.25) is 0 Å². The minimum atomic E-state index is -0.531. The van der Waals surface area contributed by atoms with Crippen LogP contribution in [0.1, 0.15) is 0 Å². The van der Waals surface area contributed by atoms with Gasteiger partial charge in [0.15, 0.2) is 5.11 Å². The molecule has 15 heavy (non-hydrogen) atoms. The smallest absolute Gasteiger partial charge is 0.571 e. The van der Waals surface area contributed by atoms with Crippen LogP contribution in [0.4, 0.5) is 11.6 Å². The van der Waals surface area contributed by atoms with Gasteiger partial charge in [-0.2, -0.15) is 0 Å². The van der Waals surface area contributed by atoms with Crippen LogP contribution in [0, 0.1) is 15.6 Å². The van der Waals surface area contributed by atoms with Gasteiger partial charge in [0, 0.05) is 0 Å². The zero-order chi connectivity index (χ0) is 10.8. The molecule has 0 radical (unpaired) electrons. The number of rotatable bonds is 2. The summed E-state index contributed by atoms with van der Waals surface area (Å²) in [5.41, 5.74) is 0. The summed E-state index contributed by atoms with van der Waals surface area (Å²) in [7, 11) is 0. The number of azo groups is 1. The van der Waals surface area contributed by atoms with Crippen molar-refractivity contribution in [3.05, 3.63) is 28.0 Å². The monoisotopic (exact) mass is 214 g/mol. The van der Waals surface area contributed by atoms with Gasteiger partial charge >= 0.3 is 11.6 Å². The Bertz CT molecular complexity index is 501. The van der Waals surface area contributed by atoms with E-state index in [-0.39, 0.29) is 14.7 Å². The van der Waals surface area contributed by atoms with Crippen molar-refractivity contribution in [3.63, 3.8) is 0 Å². The molecule has 0 bridgehead atoms. The molecule has 0 N–H and O–H groups in total. The summed E-state index contributed by atoms with van der Waals surface area (Å²) in [4.78, 5) is -0.420. The van der Waals surface area contributed by atoms with Crippen molar-refractivity contribution in [1.29, 1.82) is 0 Å². The first-order chi connectivity index (χ1) is 7.18. The lowest BCUT2D eigenvalue weighted by Crippen LogP contribution is -2.27. The molecule has 0 amide bonds. The largest absolute Gasteiger partial charge is 0.577 e. The van der Waals surface area contributed by atoms with Crippen LogP contribution in [0.15, 0.2) is 26.8 Å². The molecule has 2 aromatic heterocycles. The van der Waals surface area contributed by atoms with E-state index in [1.165, 1.54) is 0 Å². The van der Waals surface area contributed by atoms with Gasteiger partial charge < -0.3 is 15.0 Å². The van der Waals surface area contributed by atoms with E-state index >= 15 is 0 Å². The standard InChI is InChI=1S/C4H2N6O5/c11-8(4-2-6-15-10(4)13)7-3-1-5-14-9(3)12/h1-2H. The lowest BCUT2D eigenvalue weighted by Gasteiger charge is -1.87. The SMILES string of the molecule is [O-][N+](=Nc1cno[n+]1[O-])c1cno[n+]1[O-]. The molecular weight excluding hydrogens is 212 g/mol. The van der Waals surface area contributed by atoms with Crippen molar-refractivity contribution in [2.75, 3.05) is 0 Å². The van der Waals surface area contributed by atoms with Crippen LogP contribution in [-0.4, -0.2) is 15.2 Å². The molecule has 78 valence electrons. The topological polar surface area (TPSA) is 144 Å². The zero-order valence-electron chi connectivity index (χ0n) is 6.88. The van der Waals surface area contributed by atoms with Gasteiger partial charge in [0.25, 0.3) is 0 Å². The molecule has 0 atom stereocenters. The average Bonchev–Trinajstić information content (AvgIpc) is 2.76. The van der Waals surface area contributed by atoms with E-state index in [9.17, 15) is 15.6 Å². The van der Waals surface area contributed by atoms with E-state index in [0.29, 0.717) is 0 Å². The number of nitrogens with zero attached hydrogens (tertiary/aromatic N) is 6. The van der Waals surface area contributed by atoms with E-state index in [0.717, 1.165) is 12.4 Å². The fourth-order valence-corrected chi connectivity index (χ4v) is 0.731. The van der Waals surface area contributed by atoms with Gasteiger partial charge in [0.2, 0.25) is 12.4 Å². The Morgan fingerprint density at radius 2 is 1.87 bits per heavy atom. The summed E-state index contributed by atoms with van der Waals surface area (Å²) < 4.78 is 8.06. The van der Waals surface area contributed by atoms with Crippen molar-refractivity contribution in [1.82, 2.24) is 10.3 Å². The van der Waals surface area contributed by atoms with Gasteiger partial charge in [-0.3, -0.25) is 9.84 Å². The molecule has 0 aliphatic heterocycles. The minimum Gasteiger partial charge on any atom is -0.577 e. The second-order valence-corrected chi connectivity index (χ2v) is 2.24. The van der Waals surface area contributed by atoms with Crippen molar-refractivity contribution in [2.24, 2.45) is 5.11 Å². The molecule has 2 heterocycles. The molecule has 0 saturated heterocycles. The summed E-state index contributed by atoms with van der Waals surface area (Å²) in [6, 6.07) is 0. The highest BCUT2D eigenvalue weighted by Gasteiger charge is 2.25. The van der Waals surface area contributed by atoms with E-state index in [4.69, 9.17) is 0 Å². The second-order valence-electron chi connectivity index (χ2n) is 2.24. The number of hydrogen-bond donors (Lipinski definition) is 0. The van der Waals surface area contributed by atoms with Gasteiger partial charge in [-0.1, -0.05) is 4.90 Å². The molecule has 0 unspecified atom stereocenters.